The number of benzene rings is 2. The lowest BCUT2D eigenvalue weighted by Gasteiger charge is -2.17. The second-order valence-electron chi connectivity index (χ2n) is 6.40. The van der Waals surface area contributed by atoms with Crippen LogP contribution in [-0.2, 0) is 9.59 Å². The minimum absolute atomic E-state index is 0.0953. The highest BCUT2D eigenvalue weighted by molar-refractivity contribution is 9.10. The van der Waals surface area contributed by atoms with E-state index in [9.17, 15) is 14.0 Å². The maximum atomic E-state index is 13.9. The first-order chi connectivity index (χ1) is 12.9. The van der Waals surface area contributed by atoms with Crippen LogP contribution in [0, 0.1) is 18.7 Å². The highest BCUT2D eigenvalue weighted by Gasteiger charge is 2.35. The number of carbonyl (C=O) groups is 2. The van der Waals surface area contributed by atoms with Crippen molar-refractivity contribution in [3.05, 3.63) is 51.7 Å². The first-order valence-electron chi connectivity index (χ1n) is 8.34. The Morgan fingerprint density at radius 3 is 2.93 bits per heavy atom. The number of thiazole rings is 1. The Hall–Kier alpha value is -2.32. The maximum absolute atomic E-state index is 13.9. The van der Waals surface area contributed by atoms with Crippen LogP contribution in [-0.4, -0.2) is 23.3 Å². The molecule has 8 heteroatoms. The van der Waals surface area contributed by atoms with Crippen molar-refractivity contribution >= 4 is 60.7 Å². The SMILES string of the molecule is Cc1nc2cc(N3CC(C(=O)Nc4ccc(Br)cc4F)CC3=O)ccc2s1. The molecule has 1 aliphatic heterocycles. The van der Waals surface area contributed by atoms with Crippen molar-refractivity contribution in [2.45, 2.75) is 13.3 Å². The average Bonchev–Trinajstić information content (AvgIpc) is 3.18. The number of aromatic nitrogens is 1. The summed E-state index contributed by atoms with van der Waals surface area (Å²) in [5.41, 5.74) is 1.67. The summed E-state index contributed by atoms with van der Waals surface area (Å²) in [6, 6.07) is 10.1. The van der Waals surface area contributed by atoms with Crippen LogP contribution in [0.25, 0.3) is 10.2 Å². The summed E-state index contributed by atoms with van der Waals surface area (Å²) in [7, 11) is 0. The molecule has 1 N–H and O–H groups in total. The third-order valence-corrected chi connectivity index (χ3v) is 5.92. The van der Waals surface area contributed by atoms with Crippen molar-refractivity contribution in [1.29, 1.82) is 0 Å². The van der Waals surface area contributed by atoms with Crippen LogP contribution < -0.4 is 10.2 Å². The highest BCUT2D eigenvalue weighted by Crippen LogP contribution is 2.31. The smallest absolute Gasteiger partial charge is 0.229 e. The molecule has 3 aromatic rings. The Morgan fingerprint density at radius 1 is 1.33 bits per heavy atom. The molecular weight excluding hydrogens is 433 g/mol. The van der Waals surface area contributed by atoms with Gasteiger partial charge in [-0.15, -0.1) is 11.3 Å². The zero-order valence-electron chi connectivity index (χ0n) is 14.3. The Balaban J connectivity index is 1.51. The van der Waals surface area contributed by atoms with E-state index in [2.05, 4.69) is 26.2 Å². The number of nitrogens with zero attached hydrogens (tertiary/aromatic N) is 2. The van der Waals surface area contributed by atoms with E-state index in [4.69, 9.17) is 0 Å². The summed E-state index contributed by atoms with van der Waals surface area (Å²) >= 11 is 4.78. The average molecular weight is 448 g/mol. The lowest BCUT2D eigenvalue weighted by molar-refractivity contribution is -0.122. The molecule has 2 aromatic carbocycles. The quantitative estimate of drug-likeness (QED) is 0.642. The van der Waals surface area contributed by atoms with Crippen LogP contribution in [0.3, 0.4) is 0 Å². The molecule has 0 spiro atoms. The number of hydrogen-bond acceptors (Lipinski definition) is 4. The molecule has 2 amide bonds. The van der Waals surface area contributed by atoms with Crippen molar-refractivity contribution in [1.82, 2.24) is 4.98 Å². The van der Waals surface area contributed by atoms with Gasteiger partial charge in [-0.05, 0) is 43.3 Å². The van der Waals surface area contributed by atoms with Gasteiger partial charge in [0.05, 0.1) is 26.8 Å². The van der Waals surface area contributed by atoms with E-state index in [0.29, 0.717) is 4.47 Å². The largest absolute Gasteiger partial charge is 0.323 e. The normalized spacial score (nSPS) is 16.9. The highest BCUT2D eigenvalue weighted by atomic mass is 79.9. The van der Waals surface area contributed by atoms with Crippen molar-refractivity contribution < 1.29 is 14.0 Å². The van der Waals surface area contributed by atoms with Gasteiger partial charge in [-0.3, -0.25) is 9.59 Å². The van der Waals surface area contributed by atoms with Crippen LogP contribution in [0.4, 0.5) is 15.8 Å². The van der Waals surface area contributed by atoms with Gasteiger partial charge in [0.25, 0.3) is 0 Å². The monoisotopic (exact) mass is 447 g/mol. The van der Waals surface area contributed by atoms with E-state index in [0.717, 1.165) is 20.9 Å². The summed E-state index contributed by atoms with van der Waals surface area (Å²) < 4.78 is 15.6. The minimum Gasteiger partial charge on any atom is -0.323 e. The van der Waals surface area contributed by atoms with Crippen LogP contribution in [0.5, 0.6) is 0 Å². The number of halogens is 2. The molecule has 1 saturated heterocycles. The number of nitrogens with one attached hydrogen (secondary N) is 1. The minimum atomic E-state index is -0.534. The fourth-order valence-corrected chi connectivity index (χ4v) is 4.30. The fourth-order valence-electron chi connectivity index (χ4n) is 3.16. The Morgan fingerprint density at radius 2 is 2.15 bits per heavy atom. The predicted molar refractivity (Wildman–Crippen MR) is 108 cm³/mol. The van der Waals surface area contributed by atoms with E-state index in [1.807, 2.05) is 25.1 Å². The summed E-state index contributed by atoms with van der Waals surface area (Å²) in [6.07, 6.45) is 0.0953. The first-order valence-corrected chi connectivity index (χ1v) is 9.95. The van der Waals surface area contributed by atoms with Crippen molar-refractivity contribution in [2.24, 2.45) is 5.92 Å². The van der Waals surface area contributed by atoms with Gasteiger partial charge < -0.3 is 10.2 Å². The van der Waals surface area contributed by atoms with Gasteiger partial charge in [-0.25, -0.2) is 9.37 Å². The molecule has 5 nitrogen and oxygen atoms in total. The lowest BCUT2D eigenvalue weighted by Crippen LogP contribution is -2.28. The van der Waals surface area contributed by atoms with E-state index >= 15 is 0 Å². The Kier molecular flexibility index (Phi) is 4.69. The van der Waals surface area contributed by atoms with Gasteiger partial charge in [0, 0.05) is 23.1 Å². The van der Waals surface area contributed by atoms with Gasteiger partial charge in [-0.1, -0.05) is 15.9 Å². The zero-order chi connectivity index (χ0) is 19.1. The number of carbonyl (C=O) groups excluding carboxylic acids is 2. The third kappa shape index (κ3) is 3.59. The lowest BCUT2D eigenvalue weighted by atomic mass is 10.1. The Bertz CT molecular complexity index is 1070. The third-order valence-electron chi connectivity index (χ3n) is 4.47. The number of fused-ring (bicyclic) bond motifs is 1. The summed E-state index contributed by atoms with van der Waals surface area (Å²) in [4.78, 5) is 31.0. The van der Waals surface area contributed by atoms with E-state index in [1.54, 1.807) is 22.3 Å². The van der Waals surface area contributed by atoms with Crippen molar-refractivity contribution in [2.75, 3.05) is 16.8 Å². The molecule has 0 saturated carbocycles. The molecule has 1 aromatic heterocycles. The summed E-state index contributed by atoms with van der Waals surface area (Å²) in [5.74, 6) is -1.55. The standard InChI is InChI=1S/C19H15BrFN3O2S/c1-10-22-16-8-13(3-5-17(16)27-10)24-9-11(6-18(24)25)19(26)23-15-4-2-12(20)7-14(15)21/h2-5,7-8,11H,6,9H2,1H3,(H,23,26). The first kappa shape index (κ1) is 18.1. The molecule has 1 unspecified atom stereocenters. The van der Waals surface area contributed by atoms with Crippen LogP contribution in [0.1, 0.15) is 11.4 Å². The molecule has 1 aliphatic rings. The molecule has 1 atom stereocenters. The summed E-state index contributed by atoms with van der Waals surface area (Å²) in [6.45, 7) is 2.20. The van der Waals surface area contributed by atoms with Crippen LogP contribution in [0.15, 0.2) is 40.9 Å². The second kappa shape index (κ2) is 7.01. The molecule has 1 fully saturated rings. The van der Waals surface area contributed by atoms with E-state index in [-0.39, 0.29) is 30.5 Å². The number of amides is 2. The van der Waals surface area contributed by atoms with E-state index in [1.165, 1.54) is 12.1 Å². The predicted octanol–water partition coefficient (Wildman–Crippen LogP) is 4.50. The molecular formula is C19H15BrFN3O2S. The molecule has 0 bridgehead atoms. The van der Waals surface area contributed by atoms with Crippen molar-refractivity contribution in [3.8, 4) is 0 Å². The molecule has 0 radical (unpaired) electrons. The number of anilines is 2. The van der Waals surface area contributed by atoms with E-state index < -0.39 is 11.7 Å². The fraction of sp³-hybridized carbons (Fsp3) is 0.211. The second-order valence-corrected chi connectivity index (χ2v) is 8.55. The Labute approximate surface area is 167 Å². The number of aryl methyl sites for hydroxylation is 1. The molecule has 4 rings (SSSR count). The molecule has 0 aliphatic carbocycles. The topological polar surface area (TPSA) is 62.3 Å². The van der Waals surface area contributed by atoms with Gasteiger partial charge in [0.15, 0.2) is 0 Å². The molecule has 2 heterocycles. The van der Waals surface area contributed by atoms with Gasteiger partial charge in [0.2, 0.25) is 11.8 Å². The van der Waals surface area contributed by atoms with Gasteiger partial charge in [-0.2, -0.15) is 0 Å². The molecule has 138 valence electrons. The van der Waals surface area contributed by atoms with Crippen molar-refractivity contribution in [3.63, 3.8) is 0 Å². The van der Waals surface area contributed by atoms with Crippen LogP contribution >= 0.6 is 27.3 Å². The molecule has 27 heavy (non-hydrogen) atoms. The number of hydrogen-bond donors (Lipinski definition) is 1. The van der Waals surface area contributed by atoms with Gasteiger partial charge >= 0.3 is 0 Å². The number of rotatable bonds is 3. The summed E-state index contributed by atoms with van der Waals surface area (Å²) in [5, 5.41) is 3.54. The van der Waals surface area contributed by atoms with Gasteiger partial charge in [0.1, 0.15) is 5.82 Å². The maximum Gasteiger partial charge on any atom is 0.229 e. The van der Waals surface area contributed by atoms with Crippen LogP contribution in [0.2, 0.25) is 0 Å². The zero-order valence-corrected chi connectivity index (χ0v) is 16.7.